The number of hydrogen-bond donors (Lipinski definition) is 2. The van der Waals surface area contributed by atoms with Crippen LogP contribution >= 0.6 is 11.6 Å². The summed E-state index contributed by atoms with van der Waals surface area (Å²) in [6.45, 7) is 0.0544. The zero-order chi connectivity index (χ0) is 21.8. The average Bonchev–Trinajstić information content (AvgIpc) is 2.75. The van der Waals surface area contributed by atoms with Crippen molar-refractivity contribution in [1.82, 2.24) is 4.98 Å². The van der Waals surface area contributed by atoms with Gasteiger partial charge in [-0.25, -0.2) is 13.8 Å². The van der Waals surface area contributed by atoms with E-state index in [1.54, 1.807) is 12.3 Å². The minimum atomic E-state index is -0.629. The fourth-order valence-electron chi connectivity index (χ4n) is 3.83. The van der Waals surface area contributed by atoms with E-state index in [0.29, 0.717) is 28.4 Å². The molecule has 1 fully saturated rings. The van der Waals surface area contributed by atoms with E-state index in [1.165, 1.54) is 12.1 Å². The summed E-state index contributed by atoms with van der Waals surface area (Å²) in [7, 11) is 0. The van der Waals surface area contributed by atoms with Gasteiger partial charge in [0.2, 0.25) is 0 Å². The second-order valence-corrected chi connectivity index (χ2v) is 8.31. The molecular formula is C24H24ClF2N3O. The molecule has 0 spiro atoms. The molecule has 4 nitrogen and oxygen atoms in total. The molecule has 0 amide bonds. The Morgan fingerprint density at radius 2 is 1.77 bits per heavy atom. The van der Waals surface area contributed by atoms with E-state index in [-0.39, 0.29) is 6.61 Å². The van der Waals surface area contributed by atoms with Crippen LogP contribution < -0.4 is 15.8 Å². The highest BCUT2D eigenvalue weighted by Crippen LogP contribution is 2.32. The van der Waals surface area contributed by atoms with Gasteiger partial charge in [0.15, 0.2) is 0 Å². The number of pyridine rings is 1. The van der Waals surface area contributed by atoms with Crippen LogP contribution in [0.15, 0.2) is 54.7 Å². The summed E-state index contributed by atoms with van der Waals surface area (Å²) in [5, 5.41) is 4.01. The van der Waals surface area contributed by atoms with Crippen LogP contribution in [0.4, 0.5) is 14.6 Å². The van der Waals surface area contributed by atoms with E-state index in [4.69, 9.17) is 22.1 Å². The summed E-state index contributed by atoms with van der Waals surface area (Å²) in [5.41, 5.74) is 8.10. The molecule has 1 saturated carbocycles. The van der Waals surface area contributed by atoms with E-state index in [1.807, 2.05) is 24.3 Å². The van der Waals surface area contributed by atoms with E-state index < -0.39 is 11.6 Å². The van der Waals surface area contributed by atoms with Gasteiger partial charge in [-0.15, -0.1) is 0 Å². The first kappa shape index (κ1) is 21.5. The number of nitrogens with two attached hydrogens (primary N) is 1. The maximum absolute atomic E-state index is 13.4. The van der Waals surface area contributed by atoms with E-state index in [2.05, 4.69) is 10.3 Å². The Kier molecular flexibility index (Phi) is 6.68. The fraction of sp³-hybridized carbons (Fsp3) is 0.292. The van der Waals surface area contributed by atoms with Gasteiger partial charge in [-0.3, -0.25) is 0 Å². The highest BCUT2D eigenvalue weighted by Gasteiger charge is 2.19. The maximum Gasteiger partial charge on any atom is 0.126 e. The fourth-order valence-corrected chi connectivity index (χ4v) is 4.04. The van der Waals surface area contributed by atoms with Crippen molar-refractivity contribution in [3.63, 3.8) is 0 Å². The summed E-state index contributed by atoms with van der Waals surface area (Å²) in [6.07, 6.45) is 5.69. The molecule has 3 aromatic rings. The molecule has 0 unspecified atom stereocenters. The minimum absolute atomic E-state index is 0.0544. The molecule has 7 heteroatoms. The van der Waals surface area contributed by atoms with Crippen LogP contribution in [0, 0.1) is 11.6 Å². The average molecular weight is 444 g/mol. The smallest absolute Gasteiger partial charge is 0.126 e. The molecule has 0 saturated heterocycles. The molecule has 31 heavy (non-hydrogen) atoms. The normalized spacial score (nSPS) is 18.6. The quantitative estimate of drug-likeness (QED) is 0.495. The van der Waals surface area contributed by atoms with Crippen molar-refractivity contribution in [2.45, 2.75) is 44.4 Å². The summed E-state index contributed by atoms with van der Waals surface area (Å²) in [4.78, 5) is 4.42. The molecule has 0 bridgehead atoms. The zero-order valence-electron chi connectivity index (χ0n) is 17.0. The largest absolute Gasteiger partial charge is 0.489 e. The molecule has 0 aliphatic heterocycles. The third-order valence-corrected chi connectivity index (χ3v) is 5.75. The lowest BCUT2D eigenvalue weighted by Crippen LogP contribution is -2.33. The third kappa shape index (κ3) is 5.71. The van der Waals surface area contributed by atoms with Gasteiger partial charge in [-0.2, -0.15) is 0 Å². The van der Waals surface area contributed by atoms with Crippen LogP contribution in [0.1, 0.15) is 31.2 Å². The topological polar surface area (TPSA) is 60.2 Å². The number of aromatic nitrogens is 1. The Morgan fingerprint density at radius 3 is 2.52 bits per heavy atom. The van der Waals surface area contributed by atoms with Gasteiger partial charge in [-0.1, -0.05) is 23.7 Å². The van der Waals surface area contributed by atoms with E-state index in [0.717, 1.165) is 48.7 Å². The maximum atomic E-state index is 13.4. The van der Waals surface area contributed by atoms with Crippen molar-refractivity contribution in [2.24, 2.45) is 5.73 Å². The second-order valence-electron chi connectivity index (χ2n) is 7.90. The standard InChI is InChI=1S/C24H24ClF2N3O/c25-23-13-29-24(30-20-6-4-19(28)5-7-20)12-22(23)16-2-1-3-21(10-16)31-14-15-8-17(26)11-18(27)9-15/h1-3,8-13,19-20H,4-7,14,28H2,(H,29,30). The molecule has 4 rings (SSSR count). The van der Waals surface area contributed by atoms with Gasteiger partial charge in [0.1, 0.15) is 29.8 Å². The van der Waals surface area contributed by atoms with Crippen LogP contribution in [0.3, 0.4) is 0 Å². The number of benzene rings is 2. The molecule has 2 aromatic carbocycles. The highest BCUT2D eigenvalue weighted by molar-refractivity contribution is 6.33. The molecule has 162 valence electrons. The van der Waals surface area contributed by atoms with Gasteiger partial charge >= 0.3 is 0 Å². The Balaban J connectivity index is 1.48. The number of nitrogens with zero attached hydrogens (tertiary/aromatic N) is 1. The minimum Gasteiger partial charge on any atom is -0.489 e. The van der Waals surface area contributed by atoms with Gasteiger partial charge in [0, 0.05) is 29.9 Å². The number of rotatable bonds is 6. The Morgan fingerprint density at radius 1 is 1.03 bits per heavy atom. The lowest BCUT2D eigenvalue weighted by molar-refractivity contribution is 0.305. The van der Waals surface area contributed by atoms with Crippen LogP contribution in [-0.2, 0) is 6.61 Å². The van der Waals surface area contributed by atoms with Gasteiger partial charge in [-0.05, 0) is 67.1 Å². The zero-order valence-corrected chi connectivity index (χ0v) is 17.7. The predicted octanol–water partition coefficient (Wildman–Crippen LogP) is 5.94. The van der Waals surface area contributed by atoms with Crippen molar-refractivity contribution < 1.29 is 13.5 Å². The second kappa shape index (κ2) is 9.62. The third-order valence-electron chi connectivity index (χ3n) is 5.45. The lowest BCUT2D eigenvalue weighted by atomic mass is 9.92. The highest BCUT2D eigenvalue weighted by atomic mass is 35.5. The molecular weight excluding hydrogens is 420 g/mol. The van der Waals surface area contributed by atoms with Crippen LogP contribution in [0.25, 0.3) is 11.1 Å². The predicted molar refractivity (Wildman–Crippen MR) is 119 cm³/mol. The molecule has 1 aliphatic carbocycles. The van der Waals surface area contributed by atoms with E-state index in [9.17, 15) is 8.78 Å². The van der Waals surface area contributed by atoms with Gasteiger partial charge < -0.3 is 15.8 Å². The Labute approximate surface area is 185 Å². The Hall–Kier alpha value is -2.70. The first-order valence-corrected chi connectivity index (χ1v) is 10.7. The first-order valence-electron chi connectivity index (χ1n) is 10.3. The molecule has 1 aliphatic rings. The van der Waals surface area contributed by atoms with Crippen molar-refractivity contribution in [1.29, 1.82) is 0 Å². The van der Waals surface area contributed by atoms with Crippen molar-refractivity contribution in [3.05, 3.63) is 76.9 Å². The molecule has 0 atom stereocenters. The number of anilines is 1. The summed E-state index contributed by atoms with van der Waals surface area (Å²) >= 11 is 6.42. The monoisotopic (exact) mass is 443 g/mol. The van der Waals surface area contributed by atoms with Crippen LogP contribution in [-0.4, -0.2) is 17.1 Å². The number of halogens is 3. The van der Waals surface area contributed by atoms with Crippen molar-refractivity contribution in [3.8, 4) is 16.9 Å². The van der Waals surface area contributed by atoms with Crippen molar-refractivity contribution in [2.75, 3.05) is 5.32 Å². The Bertz CT molecular complexity index is 1030. The number of hydrogen-bond acceptors (Lipinski definition) is 4. The van der Waals surface area contributed by atoms with Crippen molar-refractivity contribution >= 4 is 17.4 Å². The van der Waals surface area contributed by atoms with Gasteiger partial charge in [0.05, 0.1) is 5.02 Å². The summed E-state index contributed by atoms with van der Waals surface area (Å²) < 4.78 is 32.5. The summed E-state index contributed by atoms with van der Waals surface area (Å²) in [5.74, 6) is 0.0825. The van der Waals surface area contributed by atoms with Crippen LogP contribution in [0.2, 0.25) is 5.02 Å². The lowest BCUT2D eigenvalue weighted by Gasteiger charge is -2.27. The molecule has 1 aromatic heterocycles. The number of ether oxygens (including phenoxy) is 1. The van der Waals surface area contributed by atoms with Crippen LogP contribution in [0.5, 0.6) is 5.75 Å². The summed E-state index contributed by atoms with van der Waals surface area (Å²) in [6, 6.07) is 13.3. The molecule has 1 heterocycles. The van der Waals surface area contributed by atoms with E-state index >= 15 is 0 Å². The number of nitrogens with one attached hydrogen (secondary N) is 1. The SMILES string of the molecule is NC1CCC(Nc2cc(-c3cccc(OCc4cc(F)cc(F)c4)c3)c(Cl)cn2)CC1. The molecule has 0 radical (unpaired) electrons. The van der Waals surface area contributed by atoms with Gasteiger partial charge in [0.25, 0.3) is 0 Å². The molecule has 3 N–H and O–H groups in total. The first-order chi connectivity index (χ1) is 15.0.